The Hall–Kier alpha value is -3.00. The van der Waals surface area contributed by atoms with Crippen LogP contribution in [0.4, 0.5) is 0 Å². The van der Waals surface area contributed by atoms with Gasteiger partial charge in [0.15, 0.2) is 6.20 Å². The minimum atomic E-state index is 0.246. The van der Waals surface area contributed by atoms with E-state index in [9.17, 15) is 0 Å². The third kappa shape index (κ3) is 4.25. The van der Waals surface area contributed by atoms with Gasteiger partial charge < -0.3 is 0 Å². The Kier molecular flexibility index (Phi) is 5.43. The van der Waals surface area contributed by atoms with Gasteiger partial charge in [0.1, 0.15) is 7.05 Å². The van der Waals surface area contributed by atoms with Crippen molar-refractivity contribution in [2.24, 2.45) is 12.5 Å². The number of aryl methyl sites for hydroxylation is 3. The fourth-order valence-corrected chi connectivity index (χ4v) is 4.57. The van der Waals surface area contributed by atoms with E-state index in [1.807, 2.05) is 0 Å². The monoisotopic (exact) mass is 409 g/mol. The molecule has 0 spiro atoms. The molecule has 0 N–H and O–H groups in total. The summed E-state index contributed by atoms with van der Waals surface area (Å²) in [4.78, 5) is 4.97. The largest absolute Gasteiger partial charge is 0.256 e. The molecule has 4 aromatic rings. The van der Waals surface area contributed by atoms with E-state index < -0.39 is 0 Å². The molecular weight excluding hydrogens is 376 g/mol. The Bertz CT molecular complexity index is 1260. The van der Waals surface area contributed by atoms with Crippen molar-refractivity contribution in [2.75, 3.05) is 0 Å². The molecule has 2 aromatic heterocycles. The Morgan fingerprint density at radius 3 is 2.35 bits per heavy atom. The molecule has 0 radical (unpaired) electrons. The number of hydrogen-bond acceptors (Lipinski definition) is 1. The molecule has 0 amide bonds. The van der Waals surface area contributed by atoms with Gasteiger partial charge in [0, 0.05) is 17.0 Å². The molecule has 0 bridgehead atoms. The Labute approximate surface area is 186 Å². The molecular formula is C29H33N2+. The van der Waals surface area contributed by atoms with Crippen LogP contribution in [0.25, 0.3) is 33.3 Å². The van der Waals surface area contributed by atoms with Gasteiger partial charge in [-0.05, 0) is 67.5 Å². The number of rotatable bonds is 3. The quantitative estimate of drug-likeness (QED) is 0.336. The number of fused-ring (bicyclic) bond motifs is 1. The zero-order valence-electron chi connectivity index (χ0n) is 19.9. The van der Waals surface area contributed by atoms with Crippen LogP contribution in [-0.4, -0.2) is 4.98 Å². The minimum Gasteiger partial charge on any atom is -0.256 e. The molecule has 4 rings (SSSR count). The second-order valence-corrected chi connectivity index (χ2v) is 10.1. The second kappa shape index (κ2) is 7.92. The van der Waals surface area contributed by atoms with Gasteiger partial charge in [-0.3, -0.25) is 4.98 Å². The molecule has 0 saturated carbocycles. The molecule has 2 heteroatoms. The van der Waals surface area contributed by atoms with E-state index in [2.05, 4.69) is 114 Å². The number of hydrogen-bond donors (Lipinski definition) is 0. The van der Waals surface area contributed by atoms with Gasteiger partial charge in [-0.2, -0.15) is 4.57 Å². The lowest BCUT2D eigenvalue weighted by atomic mass is 9.88. The second-order valence-electron chi connectivity index (χ2n) is 10.1. The van der Waals surface area contributed by atoms with Crippen LogP contribution < -0.4 is 4.57 Å². The third-order valence-electron chi connectivity index (χ3n) is 6.03. The highest BCUT2D eigenvalue weighted by Crippen LogP contribution is 2.37. The highest BCUT2D eigenvalue weighted by Gasteiger charge is 2.24. The maximum absolute atomic E-state index is 4.97. The third-order valence-corrected chi connectivity index (χ3v) is 6.03. The number of aromatic nitrogens is 2. The average Bonchev–Trinajstić information content (AvgIpc) is 2.69. The van der Waals surface area contributed by atoms with Crippen molar-refractivity contribution in [3.8, 4) is 22.5 Å². The number of pyridine rings is 2. The Morgan fingerprint density at radius 2 is 1.68 bits per heavy atom. The van der Waals surface area contributed by atoms with Crippen molar-refractivity contribution < 1.29 is 4.57 Å². The summed E-state index contributed by atoms with van der Waals surface area (Å²) in [6, 6.07) is 17.6. The van der Waals surface area contributed by atoms with Crippen LogP contribution in [0.15, 0.2) is 60.9 Å². The van der Waals surface area contributed by atoms with Crippen LogP contribution in [0.1, 0.15) is 43.0 Å². The standard InChI is InChI=1S/C29H33N2/c1-19-14-20(2)21(3)25(15-19)28-27(24-11-9-8-10-23(24)18-31(28)7)26-13-12-22(17-30-26)16-29(4,5)6/h8-15,17-18H,16H2,1-7H3/q+1. The van der Waals surface area contributed by atoms with E-state index in [4.69, 9.17) is 4.98 Å². The van der Waals surface area contributed by atoms with Crippen molar-refractivity contribution in [2.45, 2.75) is 48.0 Å². The van der Waals surface area contributed by atoms with Gasteiger partial charge in [0.2, 0.25) is 5.69 Å². The minimum absolute atomic E-state index is 0.246. The van der Waals surface area contributed by atoms with Gasteiger partial charge in [0.25, 0.3) is 0 Å². The van der Waals surface area contributed by atoms with Gasteiger partial charge in [-0.1, -0.05) is 56.7 Å². The van der Waals surface area contributed by atoms with Crippen LogP contribution in [0.5, 0.6) is 0 Å². The van der Waals surface area contributed by atoms with E-state index >= 15 is 0 Å². The molecule has 158 valence electrons. The van der Waals surface area contributed by atoms with Crippen LogP contribution in [0, 0.1) is 26.2 Å². The molecule has 2 heterocycles. The van der Waals surface area contributed by atoms with E-state index in [1.54, 1.807) is 0 Å². The van der Waals surface area contributed by atoms with Crippen LogP contribution in [-0.2, 0) is 13.5 Å². The summed E-state index contributed by atoms with van der Waals surface area (Å²) >= 11 is 0. The molecule has 2 aromatic carbocycles. The van der Waals surface area contributed by atoms with E-state index in [-0.39, 0.29) is 5.41 Å². The molecule has 0 unspecified atom stereocenters. The zero-order valence-corrected chi connectivity index (χ0v) is 19.9. The summed E-state index contributed by atoms with van der Waals surface area (Å²) in [5.74, 6) is 0. The summed E-state index contributed by atoms with van der Waals surface area (Å²) < 4.78 is 2.27. The topological polar surface area (TPSA) is 16.8 Å². The van der Waals surface area contributed by atoms with Crippen molar-refractivity contribution in [3.05, 3.63) is 83.2 Å². The molecule has 2 nitrogen and oxygen atoms in total. The highest BCUT2D eigenvalue weighted by atomic mass is 14.9. The molecule has 0 aliphatic rings. The first-order valence-corrected chi connectivity index (χ1v) is 11.1. The van der Waals surface area contributed by atoms with Crippen LogP contribution in [0.3, 0.4) is 0 Å². The van der Waals surface area contributed by atoms with Gasteiger partial charge in [0.05, 0.1) is 16.8 Å². The molecule has 0 saturated heterocycles. The first kappa shape index (κ1) is 21.2. The Morgan fingerprint density at radius 1 is 0.935 bits per heavy atom. The normalized spacial score (nSPS) is 11.8. The highest BCUT2D eigenvalue weighted by molar-refractivity contribution is 6.00. The summed E-state index contributed by atoms with van der Waals surface area (Å²) in [7, 11) is 2.15. The zero-order chi connectivity index (χ0) is 22.3. The summed E-state index contributed by atoms with van der Waals surface area (Å²) in [5, 5.41) is 2.47. The average molecular weight is 410 g/mol. The predicted octanol–water partition coefficient (Wildman–Crippen LogP) is 6.91. The van der Waals surface area contributed by atoms with Crippen molar-refractivity contribution >= 4 is 10.8 Å². The van der Waals surface area contributed by atoms with Gasteiger partial charge >= 0.3 is 0 Å². The lowest BCUT2D eigenvalue weighted by Gasteiger charge is -2.18. The van der Waals surface area contributed by atoms with Crippen molar-refractivity contribution in [1.82, 2.24) is 4.98 Å². The maximum Gasteiger partial charge on any atom is 0.222 e. The molecule has 31 heavy (non-hydrogen) atoms. The van der Waals surface area contributed by atoms with Crippen LogP contribution >= 0.6 is 0 Å². The van der Waals surface area contributed by atoms with Crippen molar-refractivity contribution in [3.63, 3.8) is 0 Å². The maximum atomic E-state index is 4.97. The van der Waals surface area contributed by atoms with Crippen molar-refractivity contribution in [1.29, 1.82) is 0 Å². The van der Waals surface area contributed by atoms with E-state index in [0.29, 0.717) is 0 Å². The lowest BCUT2D eigenvalue weighted by molar-refractivity contribution is -0.658. The van der Waals surface area contributed by atoms with Gasteiger partial charge in [-0.15, -0.1) is 0 Å². The van der Waals surface area contributed by atoms with Crippen LogP contribution in [0.2, 0.25) is 0 Å². The summed E-state index contributed by atoms with van der Waals surface area (Å²) in [6.07, 6.45) is 5.31. The smallest absolute Gasteiger partial charge is 0.222 e. The SMILES string of the molecule is Cc1cc(C)c(C)c(-c2c(-c3ccc(CC(C)(C)C)cn3)c3ccccc3c[n+]2C)c1. The molecule has 0 fully saturated rings. The fraction of sp³-hybridized carbons (Fsp3) is 0.310. The predicted molar refractivity (Wildman–Crippen MR) is 131 cm³/mol. The molecule has 0 atom stereocenters. The van der Waals surface area contributed by atoms with E-state index in [0.717, 1.165) is 12.1 Å². The number of nitrogens with zero attached hydrogens (tertiary/aromatic N) is 2. The fourth-order valence-electron chi connectivity index (χ4n) is 4.57. The summed E-state index contributed by atoms with van der Waals surface area (Å²) in [6.45, 7) is 13.4. The molecule has 0 aliphatic heterocycles. The van der Waals surface area contributed by atoms with Gasteiger partial charge in [-0.25, -0.2) is 0 Å². The Balaban J connectivity index is 2.01. The number of benzene rings is 2. The summed E-state index contributed by atoms with van der Waals surface area (Å²) in [5.41, 5.74) is 10.2. The molecule has 0 aliphatic carbocycles. The first-order valence-electron chi connectivity index (χ1n) is 11.1. The first-order chi connectivity index (χ1) is 14.6. The van der Waals surface area contributed by atoms with E-state index in [1.165, 1.54) is 49.8 Å². The lowest BCUT2D eigenvalue weighted by Crippen LogP contribution is -2.32.